The van der Waals surface area contributed by atoms with Gasteiger partial charge in [0.1, 0.15) is 6.33 Å². The fraction of sp³-hybridized carbons (Fsp3) is 0.250. The van der Waals surface area contributed by atoms with E-state index in [2.05, 4.69) is 15.2 Å². The van der Waals surface area contributed by atoms with Crippen LogP contribution in [0.25, 0.3) is 0 Å². The molecule has 0 spiro atoms. The minimum Gasteiger partial charge on any atom is -0.267 e. The van der Waals surface area contributed by atoms with Crippen LogP contribution in [-0.4, -0.2) is 15.2 Å². The Morgan fingerprint density at radius 1 is 1.75 bits per heavy atom. The first-order valence-corrected chi connectivity index (χ1v) is 2.58. The molecule has 42 valence electrons. The van der Waals surface area contributed by atoms with E-state index in [0.29, 0.717) is 4.64 Å². The van der Waals surface area contributed by atoms with Crippen molar-refractivity contribution < 1.29 is 0 Å². The van der Waals surface area contributed by atoms with E-state index in [9.17, 15) is 0 Å². The zero-order valence-corrected chi connectivity index (χ0v) is 5.20. The summed E-state index contributed by atoms with van der Waals surface area (Å²) < 4.78 is 0.559. The van der Waals surface area contributed by atoms with Crippen molar-refractivity contribution >= 4 is 12.2 Å². The summed E-state index contributed by atoms with van der Waals surface area (Å²) in [6.07, 6.45) is 1.47. The molecule has 1 aromatic heterocycles. The number of aromatic nitrogens is 3. The van der Waals surface area contributed by atoms with Gasteiger partial charge in [-0.05, 0) is 6.92 Å². The Kier molecular flexibility index (Phi) is 1.34. The van der Waals surface area contributed by atoms with Crippen LogP contribution in [0.2, 0.25) is 0 Å². The van der Waals surface area contributed by atoms with Crippen LogP contribution < -0.4 is 0 Å². The Balaban J connectivity index is 3.35. The molecule has 0 bridgehead atoms. The molecule has 1 aromatic rings. The highest BCUT2D eigenvalue weighted by Crippen LogP contribution is 1.85. The standard InChI is InChI=1S/C4H5N3S/c1-3-4(8)5-2-6-7-3/h2H,1H3,(H,5,6,8). The molecular weight excluding hydrogens is 122 g/mol. The number of rotatable bonds is 0. The highest BCUT2D eigenvalue weighted by atomic mass is 32.1. The number of aromatic amines is 1. The lowest BCUT2D eigenvalue weighted by atomic mass is 10.6. The van der Waals surface area contributed by atoms with E-state index in [1.54, 1.807) is 0 Å². The van der Waals surface area contributed by atoms with Crippen LogP contribution >= 0.6 is 12.2 Å². The van der Waals surface area contributed by atoms with E-state index < -0.39 is 0 Å². The van der Waals surface area contributed by atoms with Crippen molar-refractivity contribution in [1.29, 1.82) is 0 Å². The zero-order valence-electron chi connectivity index (χ0n) is 4.38. The first-order chi connectivity index (χ1) is 3.80. The van der Waals surface area contributed by atoms with Gasteiger partial charge in [0.15, 0.2) is 4.64 Å². The van der Waals surface area contributed by atoms with Gasteiger partial charge in [-0.2, -0.15) is 5.10 Å². The third-order valence-electron chi connectivity index (χ3n) is 0.781. The van der Waals surface area contributed by atoms with E-state index >= 15 is 0 Å². The summed E-state index contributed by atoms with van der Waals surface area (Å²) in [5.74, 6) is 0. The average Bonchev–Trinajstić information content (AvgIpc) is 1.77. The number of nitrogens with zero attached hydrogens (tertiary/aromatic N) is 2. The maximum Gasteiger partial charge on any atom is 0.150 e. The predicted octanol–water partition coefficient (Wildman–Crippen LogP) is 0.843. The van der Waals surface area contributed by atoms with Gasteiger partial charge in [0, 0.05) is 0 Å². The summed E-state index contributed by atoms with van der Waals surface area (Å²) in [4.78, 5) is 3.78. The smallest absolute Gasteiger partial charge is 0.150 e. The first kappa shape index (κ1) is 5.37. The minimum atomic E-state index is 0.559. The maximum absolute atomic E-state index is 4.76. The largest absolute Gasteiger partial charge is 0.267 e. The van der Waals surface area contributed by atoms with Gasteiger partial charge in [0.05, 0.1) is 5.69 Å². The quantitative estimate of drug-likeness (QED) is 0.525. The molecule has 0 radical (unpaired) electrons. The van der Waals surface area contributed by atoms with Crippen molar-refractivity contribution in [1.82, 2.24) is 15.2 Å². The molecule has 0 fully saturated rings. The molecule has 1 heterocycles. The molecule has 0 aliphatic carbocycles. The van der Waals surface area contributed by atoms with Gasteiger partial charge in [-0.1, -0.05) is 12.2 Å². The van der Waals surface area contributed by atoms with E-state index in [0.717, 1.165) is 5.69 Å². The molecule has 1 N–H and O–H groups in total. The van der Waals surface area contributed by atoms with Crippen molar-refractivity contribution in [3.8, 4) is 0 Å². The Labute approximate surface area is 51.8 Å². The lowest BCUT2D eigenvalue weighted by molar-refractivity contribution is 0.915. The molecule has 0 aliphatic rings. The molecule has 0 amide bonds. The first-order valence-electron chi connectivity index (χ1n) is 2.17. The van der Waals surface area contributed by atoms with Crippen LogP contribution in [0.5, 0.6) is 0 Å². The molecule has 4 heteroatoms. The SMILES string of the molecule is Cc1n[nH]cnc1=S. The van der Waals surface area contributed by atoms with Gasteiger partial charge in [0.2, 0.25) is 0 Å². The third-order valence-corrected chi connectivity index (χ3v) is 1.18. The van der Waals surface area contributed by atoms with E-state index in [4.69, 9.17) is 12.2 Å². The van der Waals surface area contributed by atoms with Crippen LogP contribution in [0.3, 0.4) is 0 Å². The lowest BCUT2D eigenvalue weighted by Gasteiger charge is -1.84. The van der Waals surface area contributed by atoms with Crippen LogP contribution in [0, 0.1) is 11.6 Å². The molecule has 0 unspecified atom stereocenters. The topological polar surface area (TPSA) is 41.6 Å². The van der Waals surface area contributed by atoms with Gasteiger partial charge < -0.3 is 0 Å². The van der Waals surface area contributed by atoms with Crippen LogP contribution in [0.15, 0.2) is 6.33 Å². The Morgan fingerprint density at radius 3 is 2.88 bits per heavy atom. The van der Waals surface area contributed by atoms with Crippen molar-refractivity contribution in [2.75, 3.05) is 0 Å². The normalized spacial score (nSPS) is 9.12. The van der Waals surface area contributed by atoms with Gasteiger partial charge in [-0.15, -0.1) is 0 Å². The molecule has 0 aliphatic heterocycles. The molecule has 0 saturated carbocycles. The minimum absolute atomic E-state index is 0.559. The van der Waals surface area contributed by atoms with Crippen molar-refractivity contribution in [2.45, 2.75) is 6.92 Å². The Morgan fingerprint density at radius 2 is 2.50 bits per heavy atom. The van der Waals surface area contributed by atoms with Gasteiger partial charge in [-0.25, -0.2) is 4.98 Å². The van der Waals surface area contributed by atoms with E-state index in [1.165, 1.54) is 6.33 Å². The number of H-pyrrole nitrogens is 1. The highest BCUT2D eigenvalue weighted by Gasteiger charge is 1.83. The van der Waals surface area contributed by atoms with Crippen molar-refractivity contribution in [3.63, 3.8) is 0 Å². The second-order valence-electron chi connectivity index (χ2n) is 1.39. The van der Waals surface area contributed by atoms with E-state index in [1.807, 2.05) is 6.92 Å². The van der Waals surface area contributed by atoms with Crippen molar-refractivity contribution in [3.05, 3.63) is 16.7 Å². The maximum atomic E-state index is 4.76. The molecule has 8 heavy (non-hydrogen) atoms. The van der Waals surface area contributed by atoms with Gasteiger partial charge in [-0.3, -0.25) is 5.10 Å². The van der Waals surface area contributed by atoms with Crippen LogP contribution in [0.4, 0.5) is 0 Å². The average molecular weight is 127 g/mol. The summed E-state index contributed by atoms with van der Waals surface area (Å²) in [7, 11) is 0. The second kappa shape index (κ2) is 2.00. The predicted molar refractivity (Wildman–Crippen MR) is 32.0 cm³/mol. The molecular formula is C4H5N3S. The summed E-state index contributed by atoms with van der Waals surface area (Å²) >= 11 is 4.76. The second-order valence-corrected chi connectivity index (χ2v) is 1.78. The summed E-state index contributed by atoms with van der Waals surface area (Å²) in [5.41, 5.74) is 0.766. The number of aryl methyl sites for hydroxylation is 1. The molecule has 0 aromatic carbocycles. The summed E-state index contributed by atoms with van der Waals surface area (Å²) in [6.45, 7) is 1.81. The monoisotopic (exact) mass is 127 g/mol. The fourth-order valence-electron chi connectivity index (χ4n) is 0.354. The lowest BCUT2D eigenvalue weighted by Crippen LogP contribution is -1.87. The van der Waals surface area contributed by atoms with Gasteiger partial charge >= 0.3 is 0 Å². The molecule has 3 nitrogen and oxygen atoms in total. The van der Waals surface area contributed by atoms with Gasteiger partial charge in [0.25, 0.3) is 0 Å². The summed E-state index contributed by atoms with van der Waals surface area (Å²) in [6, 6.07) is 0. The van der Waals surface area contributed by atoms with Crippen molar-refractivity contribution in [2.24, 2.45) is 0 Å². The Hall–Kier alpha value is -0.770. The fourth-order valence-corrected chi connectivity index (χ4v) is 0.453. The summed E-state index contributed by atoms with van der Waals surface area (Å²) in [5, 5.41) is 6.36. The third kappa shape index (κ3) is 0.894. The molecule has 0 saturated heterocycles. The Bertz CT molecular complexity index is 229. The zero-order chi connectivity index (χ0) is 5.98. The van der Waals surface area contributed by atoms with E-state index in [-0.39, 0.29) is 0 Å². The number of nitrogens with one attached hydrogen (secondary N) is 1. The number of hydrogen-bond acceptors (Lipinski definition) is 3. The van der Waals surface area contributed by atoms with Crippen LogP contribution in [-0.2, 0) is 0 Å². The highest BCUT2D eigenvalue weighted by molar-refractivity contribution is 7.71. The van der Waals surface area contributed by atoms with Crippen LogP contribution in [0.1, 0.15) is 5.69 Å². The number of hydrogen-bond donors (Lipinski definition) is 1. The molecule has 1 rings (SSSR count). The molecule has 0 atom stereocenters.